The Hall–Kier alpha value is -1.35. The van der Waals surface area contributed by atoms with E-state index in [4.69, 9.17) is 5.11 Å². The molecule has 1 atom stereocenters. The van der Waals surface area contributed by atoms with Crippen LogP contribution in [0.5, 0.6) is 0 Å². The van der Waals surface area contributed by atoms with Gasteiger partial charge in [0.2, 0.25) is 0 Å². The van der Waals surface area contributed by atoms with E-state index in [1.165, 1.54) is 0 Å². The van der Waals surface area contributed by atoms with Crippen molar-refractivity contribution in [2.24, 2.45) is 5.41 Å². The van der Waals surface area contributed by atoms with E-state index in [9.17, 15) is 4.79 Å². The Morgan fingerprint density at radius 2 is 1.82 bits per heavy atom. The van der Waals surface area contributed by atoms with Crippen LogP contribution in [0.4, 0.5) is 0 Å². The van der Waals surface area contributed by atoms with Crippen molar-refractivity contribution in [3.05, 3.63) is 35.4 Å². The zero-order valence-corrected chi connectivity index (χ0v) is 10.9. The number of hydrogen-bond donors (Lipinski definition) is 2. The lowest BCUT2D eigenvalue weighted by atomic mass is 9.88. The molecule has 3 heteroatoms. The number of carbonyl (C=O) groups is 1. The first-order valence-corrected chi connectivity index (χ1v) is 5.86. The Labute approximate surface area is 103 Å². The van der Waals surface area contributed by atoms with Crippen molar-refractivity contribution in [2.75, 3.05) is 0 Å². The second kappa shape index (κ2) is 5.32. The minimum atomic E-state index is -0.882. The molecule has 0 heterocycles. The fourth-order valence-corrected chi connectivity index (χ4v) is 1.34. The molecule has 94 valence electrons. The Morgan fingerprint density at radius 1 is 1.29 bits per heavy atom. The molecule has 0 radical (unpaired) electrons. The number of nitrogens with one attached hydrogen (secondary N) is 1. The topological polar surface area (TPSA) is 49.3 Å². The lowest BCUT2D eigenvalue weighted by Gasteiger charge is -2.28. The SMILES string of the molecule is C[C@H](NCc1ccc(C(=O)O)cc1)C(C)(C)C. The molecule has 17 heavy (non-hydrogen) atoms. The van der Waals surface area contributed by atoms with E-state index >= 15 is 0 Å². The van der Waals surface area contributed by atoms with Crippen molar-refractivity contribution in [1.82, 2.24) is 5.32 Å². The highest BCUT2D eigenvalue weighted by atomic mass is 16.4. The van der Waals surface area contributed by atoms with E-state index in [1.54, 1.807) is 12.1 Å². The number of carboxylic acid groups (broad SMARTS) is 1. The number of carboxylic acids is 1. The molecule has 0 fully saturated rings. The van der Waals surface area contributed by atoms with Crippen molar-refractivity contribution in [3.63, 3.8) is 0 Å². The summed E-state index contributed by atoms with van der Waals surface area (Å²) in [5.41, 5.74) is 1.66. The van der Waals surface area contributed by atoms with Crippen LogP contribution in [0.2, 0.25) is 0 Å². The van der Waals surface area contributed by atoms with Gasteiger partial charge in [0, 0.05) is 12.6 Å². The largest absolute Gasteiger partial charge is 0.478 e. The molecule has 0 aliphatic rings. The fourth-order valence-electron chi connectivity index (χ4n) is 1.34. The van der Waals surface area contributed by atoms with Crippen LogP contribution in [-0.4, -0.2) is 17.1 Å². The number of aromatic carboxylic acids is 1. The number of hydrogen-bond acceptors (Lipinski definition) is 2. The highest BCUT2D eigenvalue weighted by Gasteiger charge is 2.18. The maximum absolute atomic E-state index is 10.7. The van der Waals surface area contributed by atoms with Gasteiger partial charge in [-0.2, -0.15) is 0 Å². The smallest absolute Gasteiger partial charge is 0.335 e. The van der Waals surface area contributed by atoms with Crippen LogP contribution < -0.4 is 5.32 Å². The lowest BCUT2D eigenvalue weighted by Crippen LogP contribution is -2.37. The maximum atomic E-state index is 10.7. The third kappa shape index (κ3) is 4.19. The van der Waals surface area contributed by atoms with Gasteiger partial charge in [-0.15, -0.1) is 0 Å². The van der Waals surface area contributed by atoms with E-state index in [0.29, 0.717) is 11.6 Å². The predicted molar refractivity (Wildman–Crippen MR) is 69.2 cm³/mol. The molecule has 1 rings (SSSR count). The van der Waals surface area contributed by atoms with Crippen LogP contribution in [0.1, 0.15) is 43.6 Å². The van der Waals surface area contributed by atoms with Gasteiger partial charge in [0.05, 0.1) is 5.56 Å². The molecule has 0 saturated carbocycles. The van der Waals surface area contributed by atoms with Crippen LogP contribution in [0.15, 0.2) is 24.3 Å². The van der Waals surface area contributed by atoms with E-state index in [1.807, 2.05) is 12.1 Å². The van der Waals surface area contributed by atoms with Gasteiger partial charge < -0.3 is 10.4 Å². The van der Waals surface area contributed by atoms with Gasteiger partial charge in [0.1, 0.15) is 0 Å². The molecule has 1 aromatic carbocycles. The highest BCUT2D eigenvalue weighted by Crippen LogP contribution is 2.18. The van der Waals surface area contributed by atoms with Gasteiger partial charge in [0.25, 0.3) is 0 Å². The molecular weight excluding hydrogens is 214 g/mol. The zero-order valence-electron chi connectivity index (χ0n) is 10.9. The van der Waals surface area contributed by atoms with Gasteiger partial charge in [-0.3, -0.25) is 0 Å². The van der Waals surface area contributed by atoms with Crippen LogP contribution in [0.25, 0.3) is 0 Å². The molecule has 3 nitrogen and oxygen atoms in total. The fraction of sp³-hybridized carbons (Fsp3) is 0.500. The van der Waals surface area contributed by atoms with Crippen molar-refractivity contribution in [3.8, 4) is 0 Å². The Balaban J connectivity index is 2.56. The standard InChI is InChI=1S/C14H21NO2/c1-10(14(2,3)4)15-9-11-5-7-12(8-6-11)13(16)17/h5-8,10,15H,9H2,1-4H3,(H,16,17)/t10-/m0/s1. The Morgan fingerprint density at radius 3 is 2.24 bits per heavy atom. The summed E-state index contributed by atoms with van der Waals surface area (Å²) in [6.07, 6.45) is 0. The monoisotopic (exact) mass is 235 g/mol. The molecule has 0 aliphatic carbocycles. The van der Waals surface area contributed by atoms with Gasteiger partial charge in [-0.1, -0.05) is 32.9 Å². The maximum Gasteiger partial charge on any atom is 0.335 e. The lowest BCUT2D eigenvalue weighted by molar-refractivity contribution is 0.0697. The average Bonchev–Trinajstić information content (AvgIpc) is 2.25. The summed E-state index contributed by atoms with van der Waals surface area (Å²) in [4.78, 5) is 10.7. The Bertz CT molecular complexity index is 376. The van der Waals surface area contributed by atoms with E-state index in [-0.39, 0.29) is 5.41 Å². The zero-order chi connectivity index (χ0) is 13.1. The summed E-state index contributed by atoms with van der Waals surface area (Å²) in [5, 5.41) is 12.2. The third-order valence-electron chi connectivity index (χ3n) is 3.11. The molecular formula is C14H21NO2. The Kier molecular flexibility index (Phi) is 4.29. The van der Waals surface area contributed by atoms with Gasteiger partial charge in [0.15, 0.2) is 0 Å². The van der Waals surface area contributed by atoms with Crippen LogP contribution in [-0.2, 0) is 6.54 Å². The van der Waals surface area contributed by atoms with Crippen LogP contribution >= 0.6 is 0 Å². The van der Waals surface area contributed by atoms with E-state index in [2.05, 4.69) is 33.0 Å². The highest BCUT2D eigenvalue weighted by molar-refractivity contribution is 5.87. The average molecular weight is 235 g/mol. The predicted octanol–water partition coefficient (Wildman–Crippen LogP) is 2.91. The summed E-state index contributed by atoms with van der Waals surface area (Å²) in [7, 11) is 0. The molecule has 0 spiro atoms. The summed E-state index contributed by atoms with van der Waals surface area (Å²) in [6, 6.07) is 7.39. The summed E-state index contributed by atoms with van der Waals surface area (Å²) in [6.45, 7) is 9.50. The molecule has 0 aliphatic heterocycles. The van der Waals surface area contributed by atoms with E-state index < -0.39 is 5.97 Å². The number of rotatable bonds is 4. The first-order valence-electron chi connectivity index (χ1n) is 5.86. The van der Waals surface area contributed by atoms with E-state index in [0.717, 1.165) is 12.1 Å². The number of benzene rings is 1. The second-order valence-corrected chi connectivity index (χ2v) is 5.47. The van der Waals surface area contributed by atoms with Crippen molar-refractivity contribution in [2.45, 2.75) is 40.3 Å². The first kappa shape index (κ1) is 13.7. The molecule has 0 amide bonds. The summed E-state index contributed by atoms with van der Waals surface area (Å²) in [5.74, 6) is -0.882. The molecule has 0 bridgehead atoms. The summed E-state index contributed by atoms with van der Waals surface area (Å²) < 4.78 is 0. The van der Waals surface area contributed by atoms with Crippen LogP contribution in [0.3, 0.4) is 0 Å². The van der Waals surface area contributed by atoms with Gasteiger partial charge >= 0.3 is 5.97 Å². The normalized spacial score (nSPS) is 13.4. The molecule has 0 saturated heterocycles. The molecule has 0 aromatic heterocycles. The minimum Gasteiger partial charge on any atom is -0.478 e. The summed E-state index contributed by atoms with van der Waals surface area (Å²) >= 11 is 0. The van der Waals surface area contributed by atoms with Crippen molar-refractivity contribution in [1.29, 1.82) is 0 Å². The minimum absolute atomic E-state index is 0.223. The molecule has 1 aromatic rings. The third-order valence-corrected chi connectivity index (χ3v) is 3.11. The van der Waals surface area contributed by atoms with Crippen LogP contribution in [0, 0.1) is 5.41 Å². The van der Waals surface area contributed by atoms with Crippen molar-refractivity contribution < 1.29 is 9.90 Å². The molecule has 2 N–H and O–H groups in total. The van der Waals surface area contributed by atoms with Gasteiger partial charge in [-0.25, -0.2) is 4.79 Å². The first-order chi connectivity index (χ1) is 7.80. The second-order valence-electron chi connectivity index (χ2n) is 5.47. The van der Waals surface area contributed by atoms with Crippen molar-refractivity contribution >= 4 is 5.97 Å². The molecule has 0 unspecified atom stereocenters. The van der Waals surface area contributed by atoms with Gasteiger partial charge in [-0.05, 0) is 30.0 Å². The quantitative estimate of drug-likeness (QED) is 0.843.